The van der Waals surface area contributed by atoms with E-state index in [-0.39, 0.29) is 0 Å². The molecular formula is C11H17N3O2. The minimum atomic E-state index is -0.900. The highest BCUT2D eigenvalue weighted by Gasteiger charge is 2.24. The lowest BCUT2D eigenvalue weighted by Gasteiger charge is -2.16. The third kappa shape index (κ3) is 2.41. The summed E-state index contributed by atoms with van der Waals surface area (Å²) in [6.45, 7) is 1.69. The fourth-order valence-electron chi connectivity index (χ4n) is 1.89. The van der Waals surface area contributed by atoms with Gasteiger partial charge in [0.25, 0.3) is 0 Å². The second kappa shape index (κ2) is 4.25. The van der Waals surface area contributed by atoms with Crippen molar-refractivity contribution in [3.8, 4) is 0 Å². The summed E-state index contributed by atoms with van der Waals surface area (Å²) >= 11 is 0. The summed E-state index contributed by atoms with van der Waals surface area (Å²) in [6.07, 6.45) is 4.03. The Balaban J connectivity index is 2.06. The Kier molecular flexibility index (Phi) is 2.96. The van der Waals surface area contributed by atoms with Crippen molar-refractivity contribution in [2.75, 3.05) is 13.6 Å². The number of aromatic nitrogens is 2. The molecule has 0 radical (unpaired) electrons. The van der Waals surface area contributed by atoms with Crippen LogP contribution in [0.15, 0.2) is 6.20 Å². The van der Waals surface area contributed by atoms with Gasteiger partial charge < -0.3 is 10.0 Å². The summed E-state index contributed by atoms with van der Waals surface area (Å²) < 4.78 is 1.65. The number of carbonyl (C=O) groups is 1. The lowest BCUT2D eigenvalue weighted by molar-refractivity contribution is 0.0694. The van der Waals surface area contributed by atoms with Crippen LogP contribution in [-0.2, 0) is 13.6 Å². The Morgan fingerprint density at radius 2 is 2.38 bits per heavy atom. The van der Waals surface area contributed by atoms with Crippen LogP contribution in [-0.4, -0.2) is 39.3 Å². The van der Waals surface area contributed by atoms with Gasteiger partial charge in [-0.15, -0.1) is 0 Å². The lowest BCUT2D eigenvalue weighted by atomic mass is 10.2. The minimum Gasteiger partial charge on any atom is -0.478 e. The average molecular weight is 223 g/mol. The number of aromatic carboxylic acids is 1. The molecule has 0 amide bonds. The normalized spacial score (nSPS) is 15.7. The second-order valence-electron chi connectivity index (χ2n) is 4.57. The molecule has 0 spiro atoms. The first-order valence-electron chi connectivity index (χ1n) is 5.50. The van der Waals surface area contributed by atoms with Gasteiger partial charge in [-0.1, -0.05) is 0 Å². The number of rotatable bonds is 5. The number of hydrogen-bond donors (Lipinski definition) is 1. The highest BCUT2D eigenvalue weighted by atomic mass is 16.4. The molecule has 1 fully saturated rings. The monoisotopic (exact) mass is 223 g/mol. The Labute approximate surface area is 94.7 Å². The maximum absolute atomic E-state index is 11.0. The van der Waals surface area contributed by atoms with E-state index in [9.17, 15) is 4.79 Å². The Morgan fingerprint density at radius 3 is 2.94 bits per heavy atom. The van der Waals surface area contributed by atoms with Gasteiger partial charge in [-0.3, -0.25) is 4.68 Å². The van der Waals surface area contributed by atoms with Crippen LogP contribution in [0.2, 0.25) is 0 Å². The Morgan fingerprint density at radius 1 is 1.69 bits per heavy atom. The van der Waals surface area contributed by atoms with Crippen molar-refractivity contribution >= 4 is 5.97 Å². The average Bonchev–Trinajstić information content (AvgIpc) is 2.92. The molecule has 0 aromatic carbocycles. The van der Waals surface area contributed by atoms with E-state index in [1.807, 2.05) is 7.05 Å². The number of hydrogen-bond acceptors (Lipinski definition) is 3. The van der Waals surface area contributed by atoms with Crippen molar-refractivity contribution in [3.05, 3.63) is 17.5 Å². The topological polar surface area (TPSA) is 58.4 Å². The molecule has 1 saturated carbocycles. The van der Waals surface area contributed by atoms with Crippen molar-refractivity contribution in [2.45, 2.75) is 19.4 Å². The zero-order valence-corrected chi connectivity index (χ0v) is 9.68. The van der Waals surface area contributed by atoms with Crippen molar-refractivity contribution in [2.24, 2.45) is 13.0 Å². The maximum Gasteiger partial charge on any atom is 0.339 e. The van der Waals surface area contributed by atoms with E-state index in [0.717, 1.165) is 18.2 Å². The van der Waals surface area contributed by atoms with Gasteiger partial charge in [0.15, 0.2) is 0 Å². The first kappa shape index (κ1) is 11.1. The number of carboxylic acids is 1. The number of carboxylic acid groups (broad SMARTS) is 1. The molecule has 1 N–H and O–H groups in total. The Bertz CT molecular complexity index is 396. The summed E-state index contributed by atoms with van der Waals surface area (Å²) in [5.41, 5.74) is 1.08. The minimum absolute atomic E-state index is 0.310. The van der Waals surface area contributed by atoms with Crippen LogP contribution in [0, 0.1) is 5.92 Å². The van der Waals surface area contributed by atoms with Crippen molar-refractivity contribution in [1.82, 2.24) is 14.7 Å². The zero-order chi connectivity index (χ0) is 11.7. The van der Waals surface area contributed by atoms with Crippen LogP contribution >= 0.6 is 0 Å². The van der Waals surface area contributed by atoms with Crippen LogP contribution in [0.3, 0.4) is 0 Å². The zero-order valence-electron chi connectivity index (χ0n) is 9.68. The molecule has 16 heavy (non-hydrogen) atoms. The van der Waals surface area contributed by atoms with Gasteiger partial charge in [0.1, 0.15) is 5.56 Å². The van der Waals surface area contributed by atoms with Gasteiger partial charge in [0.05, 0.1) is 11.9 Å². The molecule has 2 rings (SSSR count). The first-order valence-corrected chi connectivity index (χ1v) is 5.50. The molecule has 0 bridgehead atoms. The van der Waals surface area contributed by atoms with Crippen LogP contribution in [0.4, 0.5) is 0 Å². The second-order valence-corrected chi connectivity index (χ2v) is 4.57. The number of nitrogens with zero attached hydrogens (tertiary/aromatic N) is 3. The van der Waals surface area contributed by atoms with Gasteiger partial charge in [-0.25, -0.2) is 4.79 Å². The van der Waals surface area contributed by atoms with E-state index in [1.165, 1.54) is 19.0 Å². The highest BCUT2D eigenvalue weighted by molar-refractivity contribution is 5.88. The molecule has 5 nitrogen and oxygen atoms in total. The van der Waals surface area contributed by atoms with Crippen molar-refractivity contribution < 1.29 is 9.90 Å². The Hall–Kier alpha value is -1.36. The SMILES string of the molecule is CN(Cc1c(C(=O)O)cnn1C)CC1CC1. The van der Waals surface area contributed by atoms with E-state index in [2.05, 4.69) is 10.00 Å². The van der Waals surface area contributed by atoms with E-state index in [4.69, 9.17) is 5.11 Å². The van der Waals surface area contributed by atoms with Gasteiger partial charge in [0, 0.05) is 20.1 Å². The summed E-state index contributed by atoms with van der Waals surface area (Å²) in [5, 5.41) is 13.0. The molecule has 1 aromatic heterocycles. The van der Waals surface area contributed by atoms with Crippen LogP contribution in [0.5, 0.6) is 0 Å². The molecule has 1 heterocycles. The predicted molar refractivity (Wildman–Crippen MR) is 59.2 cm³/mol. The van der Waals surface area contributed by atoms with Gasteiger partial charge >= 0.3 is 5.97 Å². The summed E-state index contributed by atoms with van der Waals surface area (Å²) in [5.74, 6) is -0.0885. The van der Waals surface area contributed by atoms with E-state index in [1.54, 1.807) is 11.7 Å². The molecule has 0 unspecified atom stereocenters. The fraction of sp³-hybridized carbons (Fsp3) is 0.636. The molecule has 0 atom stereocenters. The fourth-order valence-corrected chi connectivity index (χ4v) is 1.89. The van der Waals surface area contributed by atoms with Crippen molar-refractivity contribution in [3.63, 3.8) is 0 Å². The molecule has 1 aliphatic rings. The molecule has 1 aromatic rings. The lowest BCUT2D eigenvalue weighted by Crippen LogP contribution is -2.23. The van der Waals surface area contributed by atoms with E-state index >= 15 is 0 Å². The van der Waals surface area contributed by atoms with Crippen LogP contribution < -0.4 is 0 Å². The third-order valence-corrected chi connectivity index (χ3v) is 2.98. The smallest absolute Gasteiger partial charge is 0.339 e. The van der Waals surface area contributed by atoms with Crippen LogP contribution in [0.1, 0.15) is 28.9 Å². The summed E-state index contributed by atoms with van der Waals surface area (Å²) in [6, 6.07) is 0. The van der Waals surface area contributed by atoms with E-state index < -0.39 is 5.97 Å². The molecule has 88 valence electrons. The van der Waals surface area contributed by atoms with Gasteiger partial charge in [0.2, 0.25) is 0 Å². The molecule has 1 aliphatic carbocycles. The largest absolute Gasteiger partial charge is 0.478 e. The van der Waals surface area contributed by atoms with Gasteiger partial charge in [-0.05, 0) is 25.8 Å². The molecule has 0 aliphatic heterocycles. The molecule has 0 saturated heterocycles. The highest BCUT2D eigenvalue weighted by Crippen LogP contribution is 2.29. The predicted octanol–water partition coefficient (Wildman–Crippen LogP) is 0.960. The summed E-state index contributed by atoms with van der Waals surface area (Å²) in [4.78, 5) is 13.1. The summed E-state index contributed by atoms with van der Waals surface area (Å²) in [7, 11) is 3.81. The molecular weight excluding hydrogens is 206 g/mol. The number of aryl methyl sites for hydroxylation is 1. The quantitative estimate of drug-likeness (QED) is 0.807. The standard InChI is InChI=1S/C11H17N3O2/c1-13(6-8-3-4-8)7-10-9(11(15)16)5-12-14(10)2/h5,8H,3-4,6-7H2,1-2H3,(H,15,16). The molecule has 5 heteroatoms. The first-order chi connectivity index (χ1) is 7.58. The van der Waals surface area contributed by atoms with Gasteiger partial charge in [-0.2, -0.15) is 5.10 Å². The van der Waals surface area contributed by atoms with E-state index in [0.29, 0.717) is 12.1 Å². The van der Waals surface area contributed by atoms with Crippen molar-refractivity contribution in [1.29, 1.82) is 0 Å². The third-order valence-electron chi connectivity index (χ3n) is 2.98. The van der Waals surface area contributed by atoms with Crippen LogP contribution in [0.25, 0.3) is 0 Å². The maximum atomic E-state index is 11.0.